The van der Waals surface area contributed by atoms with Crippen molar-refractivity contribution in [3.8, 4) is 0 Å². The topological polar surface area (TPSA) is 12.5 Å². The summed E-state index contributed by atoms with van der Waals surface area (Å²) in [5.41, 5.74) is 2.18. The molecule has 0 aromatic heterocycles. The molecule has 122 valence electrons. The second-order valence-electron chi connectivity index (χ2n) is 7.13. The molecule has 2 nitrogen and oxygen atoms in total. The van der Waals surface area contributed by atoms with Crippen LogP contribution < -0.4 is 4.90 Å². The predicted octanol–water partition coefficient (Wildman–Crippen LogP) is 5.10. The van der Waals surface area contributed by atoms with Crippen LogP contribution in [0, 0.1) is 0 Å². The molecule has 0 bridgehead atoms. The van der Waals surface area contributed by atoms with Crippen LogP contribution in [0.1, 0.15) is 20.8 Å². The number of nitrogens with zero attached hydrogens (tertiary/aromatic N) is 1. The van der Waals surface area contributed by atoms with Gasteiger partial charge in [-0.2, -0.15) is 0 Å². The minimum absolute atomic E-state index is 0.154. The summed E-state index contributed by atoms with van der Waals surface area (Å²) in [7, 11) is -1.91. The molecule has 0 fully saturated rings. The van der Waals surface area contributed by atoms with Crippen LogP contribution in [0.2, 0.25) is 18.1 Å². The molecule has 0 heterocycles. The maximum atomic E-state index is 6.50. The van der Waals surface area contributed by atoms with Crippen molar-refractivity contribution < 1.29 is 4.43 Å². The molecule has 0 unspecified atom stereocenters. The molecule has 2 aromatic carbocycles. The Morgan fingerprint density at radius 2 is 1.26 bits per heavy atom. The van der Waals surface area contributed by atoms with E-state index in [1.165, 1.54) is 0 Å². The van der Waals surface area contributed by atoms with Crippen molar-refractivity contribution in [3.05, 3.63) is 60.7 Å². The Labute approximate surface area is 149 Å². The average molecular weight is 390 g/mol. The van der Waals surface area contributed by atoms with E-state index in [9.17, 15) is 0 Å². The van der Waals surface area contributed by atoms with Crippen LogP contribution in [0.5, 0.6) is 0 Å². The first-order chi connectivity index (χ1) is 10.7. The Hall–Kier alpha value is -1.35. The van der Waals surface area contributed by atoms with Crippen LogP contribution in [0.25, 0.3) is 0 Å². The molecular formula is C19H25NOSeSi. The Morgan fingerprint density at radius 3 is 1.61 bits per heavy atom. The van der Waals surface area contributed by atoms with E-state index in [0.717, 1.165) is 16.1 Å². The SMILES string of the molecule is CC(C)(C)[Si](C)(C)OC(=[Se])N(c1ccccc1)c1ccccc1. The Bertz CT molecular complexity index is 611. The standard InChI is InChI=1S/C19H25NOSeSi/c1-19(2,3)23(4,5)21-18(22)20(16-12-8-6-9-13-16)17-14-10-7-11-15-17/h6-15H,1-5H3. The van der Waals surface area contributed by atoms with Gasteiger partial charge in [0, 0.05) is 0 Å². The summed E-state index contributed by atoms with van der Waals surface area (Å²) in [6, 6.07) is 20.6. The van der Waals surface area contributed by atoms with Crippen LogP contribution in [-0.2, 0) is 4.43 Å². The number of rotatable bonds is 5. The van der Waals surface area contributed by atoms with Crippen molar-refractivity contribution in [3.63, 3.8) is 0 Å². The number of hydrogen-bond donors (Lipinski definition) is 0. The number of hydrogen-bond acceptors (Lipinski definition) is 2. The fraction of sp³-hybridized carbons (Fsp3) is 0.316. The molecule has 0 radical (unpaired) electrons. The van der Waals surface area contributed by atoms with Gasteiger partial charge in [0.2, 0.25) is 0 Å². The van der Waals surface area contributed by atoms with Gasteiger partial charge in [-0.05, 0) is 0 Å². The molecule has 0 aliphatic carbocycles. The van der Waals surface area contributed by atoms with Crippen molar-refractivity contribution >= 4 is 40.0 Å². The summed E-state index contributed by atoms with van der Waals surface area (Å²) >= 11 is 3.16. The van der Waals surface area contributed by atoms with E-state index in [4.69, 9.17) is 4.43 Å². The predicted molar refractivity (Wildman–Crippen MR) is 104 cm³/mol. The van der Waals surface area contributed by atoms with Crippen LogP contribution >= 0.6 is 0 Å². The maximum absolute atomic E-state index is 6.50. The molecule has 2 aromatic rings. The Kier molecular flexibility index (Phi) is 5.51. The quantitative estimate of drug-likeness (QED) is 0.659. The van der Waals surface area contributed by atoms with E-state index < -0.39 is 8.32 Å². The van der Waals surface area contributed by atoms with Gasteiger partial charge >= 0.3 is 149 Å². The summed E-state index contributed by atoms with van der Waals surface area (Å²) in [6.45, 7) is 11.3. The van der Waals surface area contributed by atoms with Gasteiger partial charge in [0.1, 0.15) is 0 Å². The van der Waals surface area contributed by atoms with Crippen LogP contribution in [0.15, 0.2) is 60.7 Å². The molecule has 0 saturated heterocycles. The summed E-state index contributed by atoms with van der Waals surface area (Å²) < 4.78 is 7.31. The minimum atomic E-state index is -1.91. The molecular weight excluding hydrogens is 365 g/mol. The second kappa shape index (κ2) is 7.04. The zero-order valence-corrected chi connectivity index (χ0v) is 17.3. The van der Waals surface area contributed by atoms with Gasteiger partial charge in [-0.3, -0.25) is 0 Å². The Balaban J connectivity index is 2.37. The number of para-hydroxylation sites is 2. The second-order valence-corrected chi connectivity index (χ2v) is 12.6. The van der Waals surface area contributed by atoms with Gasteiger partial charge in [-0.15, -0.1) is 0 Å². The fourth-order valence-corrected chi connectivity index (χ4v) is 4.52. The van der Waals surface area contributed by atoms with E-state index in [0.29, 0.717) is 0 Å². The van der Waals surface area contributed by atoms with E-state index >= 15 is 0 Å². The molecule has 0 aliphatic heterocycles. The molecule has 0 amide bonds. The number of benzene rings is 2. The van der Waals surface area contributed by atoms with Crippen molar-refractivity contribution in [2.24, 2.45) is 0 Å². The van der Waals surface area contributed by atoms with E-state index in [-0.39, 0.29) is 5.04 Å². The van der Waals surface area contributed by atoms with Crippen molar-refractivity contribution in [1.29, 1.82) is 0 Å². The molecule has 0 spiro atoms. The fourth-order valence-electron chi connectivity index (χ4n) is 1.93. The molecule has 0 aliphatic rings. The zero-order valence-electron chi connectivity index (χ0n) is 14.5. The van der Waals surface area contributed by atoms with Crippen molar-refractivity contribution in [1.82, 2.24) is 0 Å². The van der Waals surface area contributed by atoms with Gasteiger partial charge < -0.3 is 0 Å². The Morgan fingerprint density at radius 1 is 0.870 bits per heavy atom. The van der Waals surface area contributed by atoms with Crippen LogP contribution in [0.4, 0.5) is 11.4 Å². The van der Waals surface area contributed by atoms with E-state index in [1.807, 2.05) is 36.4 Å². The third-order valence-electron chi connectivity index (χ3n) is 4.36. The number of anilines is 2. The summed E-state index contributed by atoms with van der Waals surface area (Å²) in [5.74, 6) is 0. The average Bonchev–Trinajstić information content (AvgIpc) is 2.48. The summed E-state index contributed by atoms with van der Waals surface area (Å²) in [4.78, 5) is 2.14. The zero-order chi connectivity index (χ0) is 17.1. The van der Waals surface area contributed by atoms with E-state index in [1.54, 1.807) is 0 Å². The first-order valence-corrected chi connectivity index (χ1v) is 11.6. The first kappa shape index (κ1) is 18.0. The third kappa shape index (κ3) is 4.34. The van der Waals surface area contributed by atoms with Crippen LogP contribution in [0.3, 0.4) is 0 Å². The first-order valence-electron chi connectivity index (χ1n) is 7.85. The molecule has 0 N–H and O–H groups in total. The molecule has 23 heavy (non-hydrogen) atoms. The molecule has 4 heteroatoms. The third-order valence-corrected chi connectivity index (χ3v) is 9.56. The van der Waals surface area contributed by atoms with Gasteiger partial charge in [0.15, 0.2) is 0 Å². The summed E-state index contributed by atoms with van der Waals surface area (Å²) in [6.07, 6.45) is 0. The normalized spacial score (nSPS) is 11.9. The van der Waals surface area contributed by atoms with Crippen LogP contribution in [-0.4, -0.2) is 28.6 Å². The van der Waals surface area contributed by atoms with Gasteiger partial charge in [0.25, 0.3) is 0 Å². The monoisotopic (exact) mass is 391 g/mol. The van der Waals surface area contributed by atoms with Crippen molar-refractivity contribution in [2.45, 2.75) is 38.9 Å². The molecule has 2 rings (SSSR count). The van der Waals surface area contributed by atoms with Gasteiger partial charge in [-0.25, -0.2) is 0 Å². The van der Waals surface area contributed by atoms with E-state index in [2.05, 4.69) is 78.6 Å². The van der Waals surface area contributed by atoms with Gasteiger partial charge in [-0.1, -0.05) is 0 Å². The molecule has 0 saturated carbocycles. The van der Waals surface area contributed by atoms with Gasteiger partial charge in [0.05, 0.1) is 0 Å². The molecule has 0 atom stereocenters. The van der Waals surface area contributed by atoms with Crippen molar-refractivity contribution in [2.75, 3.05) is 4.90 Å². The summed E-state index contributed by atoms with van der Waals surface area (Å²) in [5, 5.41) is 0.154.